The number of nitrogens with zero attached hydrogens (tertiary/aromatic N) is 2. The molecule has 1 amide bonds. The standard InChI is InChI=1S/C33H32N4O5/c1-22-17-26(31(38)34-19-27-8-4-5-10-30(27)36(2)3)13-16-29(22)25-9-6-7-24(18-25)21-41-28-14-11-23(12-15-28)20-37-32(39)35-33(40)42-37/h4-18H,19-21H2,1-3H3,(H,34,38)(H,35,39,40). The highest BCUT2D eigenvalue weighted by molar-refractivity contribution is 5.95. The second-order valence-electron chi connectivity index (χ2n) is 10.2. The van der Waals surface area contributed by atoms with Crippen molar-refractivity contribution in [3.63, 3.8) is 0 Å². The normalized spacial score (nSPS) is 10.8. The lowest BCUT2D eigenvalue weighted by atomic mass is 9.97. The number of hydrogen-bond acceptors (Lipinski definition) is 6. The number of benzene rings is 4. The van der Waals surface area contributed by atoms with Crippen LogP contribution >= 0.6 is 0 Å². The summed E-state index contributed by atoms with van der Waals surface area (Å²) < 4.78 is 11.8. The summed E-state index contributed by atoms with van der Waals surface area (Å²) in [6.07, 6.45) is 0. The van der Waals surface area contributed by atoms with Gasteiger partial charge in [0, 0.05) is 31.9 Å². The number of aromatic amines is 1. The minimum Gasteiger partial charge on any atom is -0.489 e. The van der Waals surface area contributed by atoms with E-state index >= 15 is 0 Å². The first-order valence-electron chi connectivity index (χ1n) is 13.5. The van der Waals surface area contributed by atoms with Gasteiger partial charge in [0.25, 0.3) is 5.91 Å². The number of aromatic nitrogens is 2. The molecule has 0 aliphatic heterocycles. The van der Waals surface area contributed by atoms with E-state index in [4.69, 9.17) is 9.26 Å². The maximum absolute atomic E-state index is 12.9. The Hall–Kier alpha value is -5.31. The molecule has 0 fully saturated rings. The zero-order chi connectivity index (χ0) is 29.6. The molecule has 214 valence electrons. The quantitative estimate of drug-likeness (QED) is 0.254. The fraction of sp³-hybridized carbons (Fsp3) is 0.182. The fourth-order valence-electron chi connectivity index (χ4n) is 4.77. The second-order valence-corrected chi connectivity index (χ2v) is 10.2. The van der Waals surface area contributed by atoms with Crippen LogP contribution in [0.4, 0.5) is 5.69 Å². The second kappa shape index (κ2) is 12.5. The average molecular weight is 565 g/mol. The topological polar surface area (TPSA) is 110 Å². The molecule has 0 spiro atoms. The molecule has 0 unspecified atom stereocenters. The summed E-state index contributed by atoms with van der Waals surface area (Å²) in [6, 6.07) is 29.1. The van der Waals surface area contributed by atoms with Gasteiger partial charge in [0.1, 0.15) is 12.4 Å². The van der Waals surface area contributed by atoms with Gasteiger partial charge in [-0.15, -0.1) is 4.74 Å². The molecule has 5 rings (SSSR count). The first-order chi connectivity index (χ1) is 20.3. The van der Waals surface area contributed by atoms with E-state index in [2.05, 4.69) is 16.4 Å². The molecule has 1 heterocycles. The van der Waals surface area contributed by atoms with Crippen molar-refractivity contribution in [1.82, 2.24) is 15.0 Å². The van der Waals surface area contributed by atoms with Crippen LogP contribution in [0.15, 0.2) is 105 Å². The average Bonchev–Trinajstić information content (AvgIpc) is 3.31. The smallest absolute Gasteiger partial charge is 0.440 e. The Morgan fingerprint density at radius 3 is 2.43 bits per heavy atom. The van der Waals surface area contributed by atoms with Crippen molar-refractivity contribution >= 4 is 11.6 Å². The molecule has 4 aromatic carbocycles. The number of anilines is 1. The molecule has 0 saturated heterocycles. The predicted molar refractivity (Wildman–Crippen MR) is 162 cm³/mol. The maximum Gasteiger partial charge on any atom is 0.440 e. The van der Waals surface area contributed by atoms with Crippen LogP contribution in [0, 0.1) is 6.92 Å². The lowest BCUT2D eigenvalue weighted by Crippen LogP contribution is -2.24. The fourth-order valence-corrected chi connectivity index (χ4v) is 4.77. The molecule has 0 bridgehead atoms. The molecule has 0 aliphatic carbocycles. The number of carbonyl (C=O) groups excluding carboxylic acids is 1. The van der Waals surface area contributed by atoms with Gasteiger partial charge in [-0.2, -0.15) is 0 Å². The summed E-state index contributed by atoms with van der Waals surface area (Å²) in [7, 11) is 3.98. The van der Waals surface area contributed by atoms with Gasteiger partial charge >= 0.3 is 11.4 Å². The summed E-state index contributed by atoms with van der Waals surface area (Å²) in [5, 5.41) is 3.04. The molecule has 9 nitrogen and oxygen atoms in total. The van der Waals surface area contributed by atoms with Gasteiger partial charge in [-0.05, 0) is 76.7 Å². The Morgan fingerprint density at radius 2 is 1.71 bits per heavy atom. The highest BCUT2D eigenvalue weighted by Gasteiger charge is 2.11. The van der Waals surface area contributed by atoms with Gasteiger partial charge in [-0.3, -0.25) is 4.79 Å². The highest BCUT2D eigenvalue weighted by atomic mass is 16.5. The van der Waals surface area contributed by atoms with E-state index in [1.165, 1.54) is 0 Å². The summed E-state index contributed by atoms with van der Waals surface area (Å²) in [6.45, 7) is 2.96. The minimum absolute atomic E-state index is 0.115. The largest absolute Gasteiger partial charge is 0.489 e. The molecule has 2 N–H and O–H groups in total. The number of carbonyl (C=O) groups is 1. The van der Waals surface area contributed by atoms with Crippen LogP contribution in [0.5, 0.6) is 5.75 Å². The van der Waals surface area contributed by atoms with Crippen LogP contribution in [-0.2, 0) is 19.7 Å². The summed E-state index contributed by atoms with van der Waals surface area (Å²) in [5.41, 5.74) is 7.03. The predicted octanol–water partition coefficient (Wildman–Crippen LogP) is 4.73. The van der Waals surface area contributed by atoms with Gasteiger partial charge in [-0.1, -0.05) is 54.6 Å². The Kier molecular flexibility index (Phi) is 8.38. The third kappa shape index (κ3) is 6.69. The Bertz CT molecular complexity index is 1820. The van der Waals surface area contributed by atoms with Crippen LogP contribution in [0.25, 0.3) is 11.1 Å². The summed E-state index contributed by atoms with van der Waals surface area (Å²) in [4.78, 5) is 39.8. The van der Waals surface area contributed by atoms with E-state index in [-0.39, 0.29) is 12.5 Å². The summed E-state index contributed by atoms with van der Waals surface area (Å²) >= 11 is 0. The highest BCUT2D eigenvalue weighted by Crippen LogP contribution is 2.26. The van der Waals surface area contributed by atoms with Crippen LogP contribution in [0.1, 0.15) is 32.6 Å². The van der Waals surface area contributed by atoms with Gasteiger partial charge < -0.3 is 19.5 Å². The van der Waals surface area contributed by atoms with Crippen LogP contribution in [0.3, 0.4) is 0 Å². The number of amides is 1. The van der Waals surface area contributed by atoms with Gasteiger partial charge in [-0.25, -0.2) is 14.6 Å². The van der Waals surface area contributed by atoms with E-state index in [1.54, 1.807) is 0 Å². The Labute approximate surface area is 243 Å². The van der Waals surface area contributed by atoms with Crippen molar-refractivity contribution in [2.24, 2.45) is 0 Å². The first-order valence-corrected chi connectivity index (χ1v) is 13.5. The number of aryl methyl sites for hydroxylation is 1. The molecular weight excluding hydrogens is 532 g/mol. The van der Waals surface area contributed by atoms with E-state index < -0.39 is 11.4 Å². The lowest BCUT2D eigenvalue weighted by Gasteiger charge is -2.17. The van der Waals surface area contributed by atoms with E-state index in [0.29, 0.717) is 24.5 Å². The number of ether oxygens (including phenoxy) is 1. The number of hydrogen-bond donors (Lipinski definition) is 2. The minimum atomic E-state index is -0.781. The third-order valence-electron chi connectivity index (χ3n) is 6.92. The zero-order valence-corrected chi connectivity index (χ0v) is 23.7. The molecule has 0 aliphatic rings. The zero-order valence-electron chi connectivity index (χ0n) is 23.7. The molecule has 0 atom stereocenters. The van der Waals surface area contributed by atoms with Gasteiger partial charge in [0.2, 0.25) is 0 Å². The van der Waals surface area contributed by atoms with Crippen molar-refractivity contribution in [2.75, 3.05) is 19.0 Å². The Balaban J connectivity index is 1.21. The molecule has 1 aromatic heterocycles. The van der Waals surface area contributed by atoms with Crippen molar-refractivity contribution in [2.45, 2.75) is 26.6 Å². The number of rotatable bonds is 10. The van der Waals surface area contributed by atoms with Crippen LogP contribution in [0.2, 0.25) is 0 Å². The van der Waals surface area contributed by atoms with Crippen molar-refractivity contribution < 1.29 is 14.1 Å². The van der Waals surface area contributed by atoms with Gasteiger partial charge in [0.05, 0.1) is 6.54 Å². The molecule has 5 aromatic rings. The van der Waals surface area contributed by atoms with Gasteiger partial charge in [0.15, 0.2) is 0 Å². The maximum atomic E-state index is 12.9. The summed E-state index contributed by atoms with van der Waals surface area (Å²) in [5.74, 6) is -0.223. The van der Waals surface area contributed by atoms with Crippen LogP contribution < -0.4 is 26.4 Å². The molecule has 0 saturated carbocycles. The molecular formula is C33H32N4O5. The van der Waals surface area contributed by atoms with Crippen molar-refractivity contribution in [3.8, 4) is 16.9 Å². The van der Waals surface area contributed by atoms with Crippen molar-refractivity contribution in [1.29, 1.82) is 0 Å². The van der Waals surface area contributed by atoms with E-state index in [1.807, 2.05) is 111 Å². The molecule has 42 heavy (non-hydrogen) atoms. The number of nitrogens with one attached hydrogen (secondary N) is 2. The molecule has 9 heteroatoms. The lowest BCUT2D eigenvalue weighted by molar-refractivity contribution is 0.0951. The van der Waals surface area contributed by atoms with Crippen molar-refractivity contribution in [3.05, 3.63) is 140 Å². The SMILES string of the molecule is Cc1cc(C(=O)NCc2ccccc2N(C)C)ccc1-c1cccc(COc2ccc(Cn3oc(=O)[nH]c3=O)cc2)c1. The third-order valence-corrected chi connectivity index (χ3v) is 6.92. The van der Waals surface area contributed by atoms with Crippen LogP contribution in [-0.4, -0.2) is 29.7 Å². The van der Waals surface area contributed by atoms with E-state index in [9.17, 15) is 14.4 Å². The van der Waals surface area contributed by atoms with E-state index in [0.717, 1.165) is 43.8 Å². The number of para-hydroxylation sites is 1. The first kappa shape index (κ1) is 28.2. The number of H-pyrrole nitrogens is 1. The molecule has 0 radical (unpaired) electrons. The monoisotopic (exact) mass is 564 g/mol. The Morgan fingerprint density at radius 1 is 0.929 bits per heavy atom.